The van der Waals surface area contributed by atoms with Crippen molar-refractivity contribution in [2.45, 2.75) is 26.7 Å². The normalized spacial score (nSPS) is 12.0. The molecule has 0 radical (unpaired) electrons. The molecular formula is C15H19F2NO3. The van der Waals surface area contributed by atoms with E-state index in [9.17, 15) is 18.4 Å². The van der Waals surface area contributed by atoms with Crippen LogP contribution in [0.5, 0.6) is 0 Å². The summed E-state index contributed by atoms with van der Waals surface area (Å²) in [5.74, 6) is -3.66. The zero-order valence-corrected chi connectivity index (χ0v) is 12.1. The van der Waals surface area contributed by atoms with Gasteiger partial charge in [0.25, 0.3) is 0 Å². The fourth-order valence-electron chi connectivity index (χ4n) is 1.92. The monoisotopic (exact) mass is 299 g/mol. The number of nitrogens with zero attached hydrogens (tertiary/aromatic N) is 1. The standard InChI is InChI=1S/C15H19F2NO3/c1-3-18(9-10(2)15(20)21)14(19)7-5-11-4-6-12(16)13(17)8-11/h4,6,8,10H,3,5,7,9H2,1-2H3,(H,20,21). The van der Waals surface area contributed by atoms with Crippen molar-refractivity contribution < 1.29 is 23.5 Å². The van der Waals surface area contributed by atoms with Gasteiger partial charge in [0.2, 0.25) is 5.91 Å². The van der Waals surface area contributed by atoms with Gasteiger partial charge in [0.1, 0.15) is 0 Å². The van der Waals surface area contributed by atoms with Crippen LogP contribution in [0.2, 0.25) is 0 Å². The molecule has 0 aliphatic heterocycles. The van der Waals surface area contributed by atoms with Crippen LogP contribution in [0.15, 0.2) is 18.2 Å². The Hall–Kier alpha value is -1.98. The minimum Gasteiger partial charge on any atom is -0.481 e. The molecule has 1 atom stereocenters. The first kappa shape index (κ1) is 17.1. The van der Waals surface area contributed by atoms with Crippen molar-refractivity contribution in [1.29, 1.82) is 0 Å². The highest BCUT2D eigenvalue weighted by Gasteiger charge is 2.19. The van der Waals surface area contributed by atoms with Crippen LogP contribution in [0, 0.1) is 17.6 Å². The van der Waals surface area contributed by atoms with Gasteiger partial charge in [-0.05, 0) is 31.0 Å². The number of aryl methyl sites for hydroxylation is 1. The van der Waals surface area contributed by atoms with E-state index in [1.54, 1.807) is 6.92 Å². The zero-order chi connectivity index (χ0) is 16.0. The van der Waals surface area contributed by atoms with Crippen LogP contribution < -0.4 is 0 Å². The molecule has 1 amide bonds. The highest BCUT2D eigenvalue weighted by atomic mass is 19.2. The Morgan fingerprint density at radius 3 is 2.48 bits per heavy atom. The Bertz CT molecular complexity index is 520. The predicted octanol–water partition coefficient (Wildman–Crippen LogP) is 2.47. The molecule has 1 rings (SSSR count). The molecular weight excluding hydrogens is 280 g/mol. The van der Waals surface area contributed by atoms with Gasteiger partial charge >= 0.3 is 5.97 Å². The molecule has 0 bridgehead atoms. The first-order valence-corrected chi connectivity index (χ1v) is 6.79. The maximum Gasteiger partial charge on any atom is 0.308 e. The lowest BCUT2D eigenvalue weighted by atomic mass is 10.1. The van der Waals surface area contributed by atoms with Gasteiger partial charge in [0.05, 0.1) is 5.92 Å². The summed E-state index contributed by atoms with van der Waals surface area (Å²) in [6.45, 7) is 3.86. The zero-order valence-electron chi connectivity index (χ0n) is 12.1. The lowest BCUT2D eigenvalue weighted by molar-refractivity contribution is -0.143. The summed E-state index contributed by atoms with van der Waals surface area (Å²) in [6, 6.07) is 3.53. The molecule has 0 saturated carbocycles. The minimum absolute atomic E-state index is 0.130. The maximum absolute atomic E-state index is 13.1. The van der Waals surface area contributed by atoms with Crippen LogP contribution >= 0.6 is 0 Å². The number of carboxylic acid groups (broad SMARTS) is 1. The molecule has 0 saturated heterocycles. The number of rotatable bonds is 7. The van der Waals surface area contributed by atoms with E-state index in [1.807, 2.05) is 0 Å². The van der Waals surface area contributed by atoms with Crippen LogP contribution in [0.4, 0.5) is 8.78 Å². The number of hydrogen-bond donors (Lipinski definition) is 1. The lowest BCUT2D eigenvalue weighted by Crippen LogP contribution is -2.36. The first-order valence-electron chi connectivity index (χ1n) is 6.79. The third kappa shape index (κ3) is 5.13. The van der Waals surface area contributed by atoms with Crippen molar-refractivity contribution >= 4 is 11.9 Å². The number of aliphatic carboxylic acids is 1. The van der Waals surface area contributed by atoms with Gasteiger partial charge < -0.3 is 10.0 Å². The van der Waals surface area contributed by atoms with E-state index in [4.69, 9.17) is 5.11 Å². The van der Waals surface area contributed by atoms with Crippen molar-refractivity contribution in [3.8, 4) is 0 Å². The average molecular weight is 299 g/mol. The van der Waals surface area contributed by atoms with Gasteiger partial charge in [0, 0.05) is 19.5 Å². The molecule has 4 nitrogen and oxygen atoms in total. The summed E-state index contributed by atoms with van der Waals surface area (Å²) < 4.78 is 25.8. The van der Waals surface area contributed by atoms with Crippen molar-refractivity contribution in [1.82, 2.24) is 4.90 Å². The Morgan fingerprint density at radius 2 is 1.95 bits per heavy atom. The van der Waals surface area contributed by atoms with Crippen molar-refractivity contribution in [3.63, 3.8) is 0 Å². The lowest BCUT2D eigenvalue weighted by Gasteiger charge is -2.23. The average Bonchev–Trinajstić information content (AvgIpc) is 2.45. The summed E-state index contributed by atoms with van der Waals surface area (Å²) in [7, 11) is 0. The molecule has 6 heteroatoms. The van der Waals surface area contributed by atoms with Crippen LogP contribution in [0.25, 0.3) is 0 Å². The van der Waals surface area contributed by atoms with E-state index in [-0.39, 0.29) is 25.3 Å². The van der Waals surface area contributed by atoms with Crippen molar-refractivity contribution in [2.24, 2.45) is 5.92 Å². The number of carbonyl (C=O) groups is 2. The van der Waals surface area contributed by atoms with E-state index < -0.39 is 23.5 Å². The highest BCUT2D eigenvalue weighted by Crippen LogP contribution is 2.11. The smallest absolute Gasteiger partial charge is 0.308 e. The van der Waals surface area contributed by atoms with E-state index in [1.165, 1.54) is 17.9 Å². The Labute approximate surface area is 122 Å². The van der Waals surface area contributed by atoms with Crippen molar-refractivity contribution in [2.75, 3.05) is 13.1 Å². The molecule has 0 aliphatic rings. The van der Waals surface area contributed by atoms with Crippen LogP contribution in [0.3, 0.4) is 0 Å². The van der Waals surface area contributed by atoms with Gasteiger partial charge in [0.15, 0.2) is 11.6 Å². The Morgan fingerprint density at radius 1 is 1.29 bits per heavy atom. The number of benzene rings is 1. The van der Waals surface area contributed by atoms with Gasteiger partial charge in [-0.2, -0.15) is 0 Å². The topological polar surface area (TPSA) is 57.6 Å². The third-order valence-electron chi connectivity index (χ3n) is 3.26. The highest BCUT2D eigenvalue weighted by molar-refractivity contribution is 5.77. The van der Waals surface area contributed by atoms with E-state index in [2.05, 4.69) is 0 Å². The van der Waals surface area contributed by atoms with Crippen LogP contribution in [-0.4, -0.2) is 35.0 Å². The molecule has 0 heterocycles. The Balaban J connectivity index is 2.58. The van der Waals surface area contributed by atoms with Gasteiger partial charge in [-0.25, -0.2) is 8.78 Å². The molecule has 0 spiro atoms. The number of carboxylic acids is 1. The van der Waals surface area contributed by atoms with Crippen LogP contribution in [0.1, 0.15) is 25.8 Å². The second-order valence-electron chi connectivity index (χ2n) is 4.92. The van der Waals surface area contributed by atoms with E-state index >= 15 is 0 Å². The van der Waals surface area contributed by atoms with E-state index in [0.29, 0.717) is 12.1 Å². The van der Waals surface area contributed by atoms with E-state index in [0.717, 1.165) is 12.1 Å². The number of halogens is 2. The molecule has 0 fully saturated rings. The predicted molar refractivity (Wildman–Crippen MR) is 73.7 cm³/mol. The second-order valence-corrected chi connectivity index (χ2v) is 4.92. The first-order chi connectivity index (χ1) is 9.85. The maximum atomic E-state index is 13.1. The Kier molecular flexibility index (Phi) is 6.27. The fraction of sp³-hybridized carbons (Fsp3) is 0.467. The number of carbonyl (C=O) groups excluding carboxylic acids is 1. The van der Waals surface area contributed by atoms with Gasteiger partial charge in [-0.3, -0.25) is 9.59 Å². The second kappa shape index (κ2) is 7.71. The SMILES string of the molecule is CCN(CC(C)C(=O)O)C(=O)CCc1ccc(F)c(F)c1. The summed E-state index contributed by atoms with van der Waals surface area (Å²) >= 11 is 0. The largest absolute Gasteiger partial charge is 0.481 e. The van der Waals surface area contributed by atoms with Gasteiger partial charge in [-0.15, -0.1) is 0 Å². The summed E-state index contributed by atoms with van der Waals surface area (Å²) in [4.78, 5) is 24.3. The minimum atomic E-state index is -0.957. The van der Waals surface area contributed by atoms with Gasteiger partial charge in [-0.1, -0.05) is 13.0 Å². The molecule has 1 N–H and O–H groups in total. The summed E-state index contributed by atoms with van der Waals surface area (Å²) in [5, 5.41) is 8.86. The molecule has 0 aliphatic carbocycles. The molecule has 1 aromatic carbocycles. The fourth-order valence-corrected chi connectivity index (χ4v) is 1.92. The molecule has 1 unspecified atom stereocenters. The number of amides is 1. The molecule has 1 aromatic rings. The molecule has 116 valence electrons. The quantitative estimate of drug-likeness (QED) is 0.841. The van der Waals surface area contributed by atoms with Crippen molar-refractivity contribution in [3.05, 3.63) is 35.4 Å². The molecule has 0 aromatic heterocycles. The van der Waals surface area contributed by atoms with Crippen LogP contribution in [-0.2, 0) is 16.0 Å². The molecule has 21 heavy (non-hydrogen) atoms. The summed E-state index contributed by atoms with van der Waals surface area (Å²) in [5.41, 5.74) is 0.532. The number of hydrogen-bond acceptors (Lipinski definition) is 2. The third-order valence-corrected chi connectivity index (χ3v) is 3.26. The summed E-state index contributed by atoms with van der Waals surface area (Å²) in [6.07, 6.45) is 0.416.